The standard InChI is InChI=1S/C10H13FN6O3/c1-5-14-6(12)2-3-17(5)9-7(11)8(19)10(4-18,20-9)15-16-13/h2-3,7-9,18-19H,1,4H2,(H2,12,14)/t7-,8+,9-,10-/m1/s1. The van der Waals surface area contributed by atoms with E-state index in [0.717, 1.165) is 0 Å². The molecule has 0 saturated carbocycles. The molecule has 0 aromatic rings. The number of amidine groups is 1. The van der Waals surface area contributed by atoms with E-state index in [-0.39, 0.29) is 11.7 Å². The molecule has 0 bridgehead atoms. The summed E-state index contributed by atoms with van der Waals surface area (Å²) in [6.45, 7) is 2.71. The number of nitrogens with two attached hydrogens (primary N) is 1. The fraction of sp³-hybridized carbons (Fsp3) is 0.500. The summed E-state index contributed by atoms with van der Waals surface area (Å²) in [6, 6.07) is 0. The largest absolute Gasteiger partial charge is 0.393 e. The Morgan fingerprint density at radius 2 is 2.45 bits per heavy atom. The van der Waals surface area contributed by atoms with E-state index in [1.165, 1.54) is 17.2 Å². The lowest BCUT2D eigenvalue weighted by Crippen LogP contribution is -2.43. The predicted octanol–water partition coefficient (Wildman–Crippen LogP) is -0.302. The SMILES string of the molecule is C=C1N=C(N)C=CN1[C@@H]1O[C@@](CO)(N=[N+]=[N-])[C@@H](O)[C@H]1F. The van der Waals surface area contributed by atoms with E-state index < -0.39 is 30.8 Å². The number of ether oxygens (including phenoxy) is 1. The number of azide groups is 1. The van der Waals surface area contributed by atoms with Gasteiger partial charge in [0.1, 0.15) is 17.8 Å². The summed E-state index contributed by atoms with van der Waals surface area (Å²) in [5, 5.41) is 22.2. The van der Waals surface area contributed by atoms with E-state index >= 15 is 0 Å². The molecular formula is C10H13FN6O3. The Bertz CT molecular complexity index is 531. The van der Waals surface area contributed by atoms with Gasteiger partial charge in [-0.3, -0.25) is 0 Å². The molecule has 4 atom stereocenters. The van der Waals surface area contributed by atoms with Crippen LogP contribution in [0.15, 0.2) is 34.8 Å². The van der Waals surface area contributed by atoms with E-state index in [1.54, 1.807) is 0 Å². The molecule has 108 valence electrons. The number of rotatable bonds is 3. The molecule has 0 aromatic carbocycles. The number of nitrogens with zero attached hydrogens (tertiary/aromatic N) is 5. The number of alkyl halides is 1. The Kier molecular flexibility index (Phi) is 3.64. The summed E-state index contributed by atoms with van der Waals surface area (Å²) < 4.78 is 19.4. The third-order valence-corrected chi connectivity index (χ3v) is 3.04. The molecule has 0 aliphatic carbocycles. The first-order valence-electron chi connectivity index (χ1n) is 5.62. The number of hydrogen-bond acceptors (Lipinski definition) is 7. The van der Waals surface area contributed by atoms with Gasteiger partial charge in [-0.15, -0.1) is 0 Å². The smallest absolute Gasteiger partial charge is 0.201 e. The van der Waals surface area contributed by atoms with Crippen LogP contribution in [0.5, 0.6) is 0 Å². The van der Waals surface area contributed by atoms with Gasteiger partial charge in [-0.2, -0.15) is 0 Å². The van der Waals surface area contributed by atoms with Crippen LogP contribution in [0.1, 0.15) is 0 Å². The van der Waals surface area contributed by atoms with Crippen molar-refractivity contribution >= 4 is 5.84 Å². The van der Waals surface area contributed by atoms with Crippen LogP contribution in [0.4, 0.5) is 4.39 Å². The van der Waals surface area contributed by atoms with Crippen LogP contribution in [0.3, 0.4) is 0 Å². The zero-order valence-corrected chi connectivity index (χ0v) is 10.3. The summed E-state index contributed by atoms with van der Waals surface area (Å²) in [6.07, 6.45) is -2.34. The van der Waals surface area contributed by atoms with E-state index in [0.29, 0.717) is 0 Å². The maximum atomic E-state index is 14.2. The van der Waals surface area contributed by atoms with Crippen molar-refractivity contribution in [3.8, 4) is 0 Å². The molecule has 0 spiro atoms. The van der Waals surface area contributed by atoms with Crippen molar-refractivity contribution in [2.75, 3.05) is 6.61 Å². The van der Waals surface area contributed by atoms with Gasteiger partial charge >= 0.3 is 0 Å². The second-order valence-electron chi connectivity index (χ2n) is 4.27. The first kappa shape index (κ1) is 14.3. The Morgan fingerprint density at radius 1 is 1.75 bits per heavy atom. The number of aliphatic hydroxyl groups is 2. The Balaban J connectivity index is 2.30. The normalized spacial score (nSPS) is 36.8. The molecule has 0 radical (unpaired) electrons. The number of hydrogen-bond donors (Lipinski definition) is 3. The molecule has 2 rings (SSSR count). The molecule has 4 N–H and O–H groups in total. The highest BCUT2D eigenvalue weighted by Gasteiger charge is 2.57. The van der Waals surface area contributed by atoms with Crippen LogP contribution in [0.25, 0.3) is 10.4 Å². The van der Waals surface area contributed by atoms with Gasteiger partial charge in [0.25, 0.3) is 0 Å². The van der Waals surface area contributed by atoms with Crippen molar-refractivity contribution in [2.45, 2.75) is 24.2 Å². The molecule has 2 heterocycles. The van der Waals surface area contributed by atoms with Gasteiger partial charge in [-0.25, -0.2) is 9.38 Å². The molecule has 0 amide bonds. The minimum Gasteiger partial charge on any atom is -0.393 e. The molecule has 9 nitrogen and oxygen atoms in total. The molecular weight excluding hydrogens is 271 g/mol. The van der Waals surface area contributed by atoms with Gasteiger partial charge < -0.3 is 25.6 Å². The maximum absolute atomic E-state index is 14.2. The Hall–Kier alpha value is -2.13. The summed E-state index contributed by atoms with van der Waals surface area (Å²) in [5.74, 6) is 0.281. The quantitative estimate of drug-likeness (QED) is 0.370. The second kappa shape index (κ2) is 5.10. The van der Waals surface area contributed by atoms with E-state index in [2.05, 4.69) is 21.6 Å². The van der Waals surface area contributed by atoms with E-state index in [9.17, 15) is 14.6 Å². The predicted molar refractivity (Wildman–Crippen MR) is 66.5 cm³/mol. The van der Waals surface area contributed by atoms with E-state index in [1.807, 2.05) is 0 Å². The monoisotopic (exact) mass is 284 g/mol. The first-order valence-corrected chi connectivity index (χ1v) is 5.62. The van der Waals surface area contributed by atoms with Crippen LogP contribution in [0.2, 0.25) is 0 Å². The van der Waals surface area contributed by atoms with Crippen molar-refractivity contribution in [1.82, 2.24) is 4.90 Å². The number of aliphatic hydroxyl groups excluding tert-OH is 2. The summed E-state index contributed by atoms with van der Waals surface area (Å²) in [4.78, 5) is 7.48. The second-order valence-corrected chi connectivity index (χ2v) is 4.27. The van der Waals surface area contributed by atoms with Gasteiger partial charge in [0.2, 0.25) is 5.72 Å². The molecule has 10 heteroatoms. The lowest BCUT2D eigenvalue weighted by Gasteiger charge is -2.30. The van der Waals surface area contributed by atoms with Gasteiger partial charge in [0, 0.05) is 11.1 Å². The van der Waals surface area contributed by atoms with Crippen molar-refractivity contribution < 1.29 is 19.3 Å². The fourth-order valence-corrected chi connectivity index (χ4v) is 2.00. The fourth-order valence-electron chi connectivity index (χ4n) is 2.00. The van der Waals surface area contributed by atoms with Gasteiger partial charge in [0.05, 0.1) is 6.61 Å². The number of aliphatic imine (C=N–C) groups is 1. The van der Waals surface area contributed by atoms with Gasteiger partial charge in [-0.05, 0) is 11.6 Å². The Labute approximate surface area is 113 Å². The zero-order valence-electron chi connectivity index (χ0n) is 10.3. The molecule has 1 saturated heterocycles. The first-order chi connectivity index (χ1) is 9.45. The van der Waals surface area contributed by atoms with Crippen LogP contribution in [-0.2, 0) is 4.74 Å². The average Bonchev–Trinajstić information content (AvgIpc) is 2.65. The van der Waals surface area contributed by atoms with Crippen molar-refractivity contribution in [2.24, 2.45) is 15.8 Å². The third-order valence-electron chi connectivity index (χ3n) is 3.04. The molecule has 0 aromatic heterocycles. The maximum Gasteiger partial charge on any atom is 0.201 e. The average molecular weight is 284 g/mol. The van der Waals surface area contributed by atoms with E-state index in [4.69, 9.17) is 16.0 Å². The highest BCUT2D eigenvalue weighted by molar-refractivity contribution is 5.92. The molecule has 2 aliphatic rings. The Morgan fingerprint density at radius 3 is 3.00 bits per heavy atom. The topological polar surface area (TPSA) is 140 Å². The summed E-state index contributed by atoms with van der Waals surface area (Å²) in [5.41, 5.74) is 11.8. The van der Waals surface area contributed by atoms with Crippen LogP contribution >= 0.6 is 0 Å². The van der Waals surface area contributed by atoms with Crippen molar-refractivity contribution in [3.63, 3.8) is 0 Å². The van der Waals surface area contributed by atoms with Gasteiger partial charge in [0.15, 0.2) is 12.4 Å². The lowest BCUT2D eigenvalue weighted by atomic mass is 10.1. The van der Waals surface area contributed by atoms with Crippen molar-refractivity contribution in [3.05, 3.63) is 35.1 Å². The minimum atomic E-state index is -2.08. The minimum absolute atomic E-state index is 0.0968. The van der Waals surface area contributed by atoms with Crippen LogP contribution in [-0.4, -0.2) is 51.8 Å². The molecule has 0 unspecified atom stereocenters. The summed E-state index contributed by atoms with van der Waals surface area (Å²) in [7, 11) is 0. The molecule has 2 aliphatic heterocycles. The van der Waals surface area contributed by atoms with Crippen LogP contribution in [0, 0.1) is 0 Å². The highest BCUT2D eigenvalue weighted by Crippen LogP contribution is 2.37. The summed E-state index contributed by atoms with van der Waals surface area (Å²) >= 11 is 0. The zero-order chi connectivity index (χ0) is 14.9. The number of halogens is 1. The van der Waals surface area contributed by atoms with Crippen LogP contribution < -0.4 is 5.73 Å². The van der Waals surface area contributed by atoms with Crippen molar-refractivity contribution in [1.29, 1.82) is 0 Å². The molecule has 20 heavy (non-hydrogen) atoms. The third kappa shape index (κ3) is 2.10. The molecule has 1 fully saturated rings. The van der Waals surface area contributed by atoms with Gasteiger partial charge in [-0.1, -0.05) is 11.7 Å². The highest BCUT2D eigenvalue weighted by atomic mass is 19.1. The lowest BCUT2D eigenvalue weighted by molar-refractivity contribution is -0.130.